The summed E-state index contributed by atoms with van der Waals surface area (Å²) >= 11 is 0. The van der Waals surface area contributed by atoms with Crippen molar-refractivity contribution < 1.29 is 37.7 Å². The second-order valence-electron chi connectivity index (χ2n) is 5.25. The summed E-state index contributed by atoms with van der Waals surface area (Å²) in [4.78, 5) is 22.9. The van der Waals surface area contributed by atoms with Crippen LogP contribution in [-0.2, 0) is 20.7 Å². The molecular weight excluding hydrogens is 329 g/mol. The zero-order valence-electron chi connectivity index (χ0n) is 13.0. The lowest BCUT2D eigenvalue weighted by Crippen LogP contribution is -2.60. The van der Waals surface area contributed by atoms with Gasteiger partial charge in [0.1, 0.15) is 5.92 Å². The first-order chi connectivity index (χ1) is 11.1. The van der Waals surface area contributed by atoms with Crippen LogP contribution in [-0.4, -0.2) is 40.5 Å². The largest absolute Gasteiger partial charge is 0.481 e. The normalized spacial score (nSPS) is 15.4. The maximum Gasteiger partial charge on any atom is 0.429 e. The van der Waals surface area contributed by atoms with Crippen LogP contribution < -0.4 is 0 Å². The number of carboxylic acid groups (broad SMARTS) is 1. The topological polar surface area (TPSA) is 83.8 Å². The SMILES string of the molecule is CCOC(=O)[C@@](O)([C@@H](CCCc1ccccc1)C(=O)O)C(F)(F)F. The van der Waals surface area contributed by atoms with E-state index < -0.39 is 42.7 Å². The molecule has 5 nitrogen and oxygen atoms in total. The Morgan fingerprint density at radius 2 is 1.79 bits per heavy atom. The summed E-state index contributed by atoms with van der Waals surface area (Å²) in [7, 11) is 0. The summed E-state index contributed by atoms with van der Waals surface area (Å²) < 4.78 is 43.9. The number of carboxylic acids is 1. The number of esters is 1. The van der Waals surface area contributed by atoms with Gasteiger partial charge in [-0.3, -0.25) is 4.79 Å². The number of aryl methyl sites for hydroxylation is 1. The van der Waals surface area contributed by atoms with E-state index >= 15 is 0 Å². The van der Waals surface area contributed by atoms with Crippen molar-refractivity contribution in [3.8, 4) is 0 Å². The molecule has 0 unspecified atom stereocenters. The first-order valence-electron chi connectivity index (χ1n) is 7.37. The summed E-state index contributed by atoms with van der Waals surface area (Å²) in [6, 6.07) is 8.75. The Morgan fingerprint density at radius 1 is 1.21 bits per heavy atom. The van der Waals surface area contributed by atoms with Crippen LogP contribution >= 0.6 is 0 Å². The lowest BCUT2D eigenvalue weighted by Gasteiger charge is -2.33. The van der Waals surface area contributed by atoms with Gasteiger partial charge in [0.25, 0.3) is 5.60 Å². The van der Waals surface area contributed by atoms with Crippen LogP contribution in [0, 0.1) is 5.92 Å². The number of carbonyl (C=O) groups is 2. The number of aliphatic hydroxyl groups is 1. The molecule has 0 spiro atoms. The van der Waals surface area contributed by atoms with Gasteiger partial charge in [0.15, 0.2) is 0 Å². The predicted octanol–water partition coefficient (Wildman–Crippen LogP) is 2.57. The molecule has 0 aromatic heterocycles. The number of aliphatic carboxylic acids is 1. The molecule has 2 atom stereocenters. The Balaban J connectivity index is 2.96. The first kappa shape index (κ1) is 20.0. The van der Waals surface area contributed by atoms with E-state index in [9.17, 15) is 27.9 Å². The van der Waals surface area contributed by atoms with Gasteiger partial charge >= 0.3 is 18.1 Å². The molecule has 134 valence electrons. The third kappa shape index (κ3) is 4.47. The summed E-state index contributed by atoms with van der Waals surface area (Å²) in [6.07, 6.45) is -5.62. The average molecular weight is 348 g/mol. The van der Waals surface area contributed by atoms with Crippen LogP contribution in [0.3, 0.4) is 0 Å². The van der Waals surface area contributed by atoms with Crippen molar-refractivity contribution in [2.75, 3.05) is 6.61 Å². The van der Waals surface area contributed by atoms with E-state index in [4.69, 9.17) is 5.11 Å². The van der Waals surface area contributed by atoms with Gasteiger partial charge in [-0.1, -0.05) is 30.3 Å². The molecule has 1 rings (SSSR count). The fourth-order valence-electron chi connectivity index (χ4n) is 2.36. The van der Waals surface area contributed by atoms with E-state index in [0.717, 1.165) is 5.56 Å². The highest BCUT2D eigenvalue weighted by Gasteiger charge is 2.67. The van der Waals surface area contributed by atoms with Crippen molar-refractivity contribution in [1.29, 1.82) is 0 Å². The Bertz CT molecular complexity index is 559. The molecule has 0 saturated heterocycles. The second-order valence-corrected chi connectivity index (χ2v) is 5.25. The quantitative estimate of drug-likeness (QED) is 0.706. The monoisotopic (exact) mass is 348 g/mol. The Labute approximate surface area is 137 Å². The minimum absolute atomic E-state index is 0.0543. The molecule has 0 fully saturated rings. The molecule has 0 saturated carbocycles. The van der Waals surface area contributed by atoms with Gasteiger partial charge in [-0.15, -0.1) is 0 Å². The molecule has 2 N–H and O–H groups in total. The molecule has 0 radical (unpaired) electrons. The van der Waals surface area contributed by atoms with Crippen molar-refractivity contribution in [1.82, 2.24) is 0 Å². The number of alkyl halides is 3. The van der Waals surface area contributed by atoms with Crippen LogP contribution in [0.1, 0.15) is 25.3 Å². The van der Waals surface area contributed by atoms with E-state index in [2.05, 4.69) is 4.74 Å². The predicted molar refractivity (Wildman–Crippen MR) is 78.1 cm³/mol. The van der Waals surface area contributed by atoms with E-state index in [1.807, 2.05) is 0 Å². The van der Waals surface area contributed by atoms with Gasteiger partial charge in [0.05, 0.1) is 6.61 Å². The molecule has 8 heteroatoms. The van der Waals surface area contributed by atoms with Gasteiger partial charge in [-0.05, 0) is 31.7 Å². The molecule has 0 aliphatic heterocycles. The standard InChI is InChI=1S/C16H19F3O5/c1-2-24-14(22)15(23,16(17,18)19)12(13(20)21)10-6-9-11-7-4-3-5-8-11/h3-5,7-8,12,23H,2,6,9-10H2,1H3,(H,20,21)/t12-,15-/m0/s1. The van der Waals surface area contributed by atoms with Crippen LogP contribution in [0.2, 0.25) is 0 Å². The van der Waals surface area contributed by atoms with Gasteiger partial charge in [0.2, 0.25) is 0 Å². The Hall–Kier alpha value is -2.09. The number of hydrogen-bond acceptors (Lipinski definition) is 4. The third-order valence-corrected chi connectivity index (χ3v) is 3.62. The number of ether oxygens (including phenoxy) is 1. The van der Waals surface area contributed by atoms with Crippen molar-refractivity contribution >= 4 is 11.9 Å². The van der Waals surface area contributed by atoms with Crippen molar-refractivity contribution in [3.63, 3.8) is 0 Å². The Kier molecular flexibility index (Phi) is 6.77. The molecule has 24 heavy (non-hydrogen) atoms. The van der Waals surface area contributed by atoms with Crippen molar-refractivity contribution in [2.24, 2.45) is 5.92 Å². The maximum atomic E-state index is 13.2. The molecule has 0 bridgehead atoms. The summed E-state index contributed by atoms with van der Waals surface area (Å²) in [5.74, 6) is -6.25. The summed E-state index contributed by atoms with van der Waals surface area (Å²) in [6.45, 7) is 0.855. The minimum Gasteiger partial charge on any atom is -0.481 e. The van der Waals surface area contributed by atoms with Crippen LogP contribution in [0.15, 0.2) is 30.3 Å². The average Bonchev–Trinajstić information content (AvgIpc) is 2.50. The van der Waals surface area contributed by atoms with Crippen LogP contribution in [0.5, 0.6) is 0 Å². The highest BCUT2D eigenvalue weighted by molar-refractivity contribution is 5.87. The third-order valence-electron chi connectivity index (χ3n) is 3.62. The van der Waals surface area contributed by atoms with Gasteiger partial charge in [0, 0.05) is 0 Å². The van der Waals surface area contributed by atoms with E-state index in [0.29, 0.717) is 6.42 Å². The fourth-order valence-corrected chi connectivity index (χ4v) is 2.36. The zero-order valence-corrected chi connectivity index (χ0v) is 13.0. The van der Waals surface area contributed by atoms with Crippen molar-refractivity contribution in [2.45, 2.75) is 38.0 Å². The number of halogens is 3. The molecule has 0 heterocycles. The summed E-state index contributed by atoms with van der Waals surface area (Å²) in [5.41, 5.74) is -3.26. The number of carbonyl (C=O) groups excluding carboxylic acids is 1. The lowest BCUT2D eigenvalue weighted by molar-refractivity contribution is -0.279. The summed E-state index contributed by atoms with van der Waals surface area (Å²) in [5, 5.41) is 19.0. The Morgan fingerprint density at radius 3 is 2.25 bits per heavy atom. The van der Waals surface area contributed by atoms with E-state index in [1.165, 1.54) is 6.92 Å². The van der Waals surface area contributed by atoms with E-state index in [1.54, 1.807) is 30.3 Å². The molecule has 0 aliphatic rings. The number of rotatable bonds is 8. The minimum atomic E-state index is -5.46. The molecule has 1 aromatic rings. The first-order valence-corrected chi connectivity index (χ1v) is 7.37. The number of benzene rings is 1. The van der Waals surface area contributed by atoms with Gasteiger partial charge in [-0.25, -0.2) is 4.79 Å². The van der Waals surface area contributed by atoms with E-state index in [-0.39, 0.29) is 6.42 Å². The maximum absolute atomic E-state index is 13.2. The van der Waals surface area contributed by atoms with Crippen LogP contribution in [0.4, 0.5) is 13.2 Å². The highest BCUT2D eigenvalue weighted by atomic mass is 19.4. The second kappa shape index (κ2) is 8.14. The van der Waals surface area contributed by atoms with Gasteiger partial charge in [-0.2, -0.15) is 13.2 Å². The smallest absolute Gasteiger partial charge is 0.429 e. The molecule has 1 aromatic carbocycles. The lowest BCUT2D eigenvalue weighted by atomic mass is 9.82. The molecular formula is C16H19F3O5. The fraction of sp³-hybridized carbons (Fsp3) is 0.500. The zero-order chi connectivity index (χ0) is 18.4. The molecule has 0 aliphatic carbocycles. The van der Waals surface area contributed by atoms with Crippen LogP contribution in [0.25, 0.3) is 0 Å². The highest BCUT2D eigenvalue weighted by Crippen LogP contribution is 2.40. The number of hydrogen-bond donors (Lipinski definition) is 2. The molecule has 0 amide bonds. The van der Waals surface area contributed by atoms with Crippen molar-refractivity contribution in [3.05, 3.63) is 35.9 Å². The van der Waals surface area contributed by atoms with Gasteiger partial charge < -0.3 is 14.9 Å².